The minimum atomic E-state index is -0.495. The normalized spacial score (nSPS) is 15.0. The largest absolute Gasteiger partial charge is 0.348 e. The lowest BCUT2D eigenvalue weighted by Crippen LogP contribution is -2.49. The first-order valence-corrected chi connectivity index (χ1v) is 6.34. The third kappa shape index (κ3) is 3.84. The number of rotatable bonds is 3. The second kappa shape index (κ2) is 5.53. The number of aryl methyl sites for hydroxylation is 1. The minimum absolute atomic E-state index is 0.0218. The van der Waals surface area contributed by atoms with Gasteiger partial charge in [-0.15, -0.1) is 0 Å². The maximum atomic E-state index is 12.0. The molecule has 0 saturated carbocycles. The van der Waals surface area contributed by atoms with Crippen molar-refractivity contribution in [1.29, 1.82) is 0 Å². The summed E-state index contributed by atoms with van der Waals surface area (Å²) in [6, 6.07) is 7.63. The fourth-order valence-electron chi connectivity index (χ4n) is 1.63. The lowest BCUT2D eigenvalue weighted by atomic mass is 9.86. The molecule has 18 heavy (non-hydrogen) atoms. The van der Waals surface area contributed by atoms with Crippen LogP contribution in [0.1, 0.15) is 44.9 Å². The van der Waals surface area contributed by atoms with Gasteiger partial charge in [-0.25, -0.2) is 0 Å². The molecule has 1 aromatic rings. The van der Waals surface area contributed by atoms with Crippen LogP contribution in [0.25, 0.3) is 0 Å². The molecule has 1 rings (SSSR count). The molecule has 0 heterocycles. The monoisotopic (exact) mass is 248 g/mol. The first-order valence-electron chi connectivity index (χ1n) is 6.34. The van der Waals surface area contributed by atoms with Crippen molar-refractivity contribution in [2.75, 3.05) is 0 Å². The van der Waals surface area contributed by atoms with E-state index >= 15 is 0 Å². The first-order chi connectivity index (χ1) is 8.21. The molecule has 3 heteroatoms. The van der Waals surface area contributed by atoms with Gasteiger partial charge in [0.05, 0.1) is 12.1 Å². The molecule has 0 aromatic heterocycles. The number of amides is 1. The van der Waals surface area contributed by atoms with Crippen LogP contribution in [0.4, 0.5) is 0 Å². The van der Waals surface area contributed by atoms with Gasteiger partial charge in [-0.05, 0) is 24.8 Å². The molecule has 2 atom stereocenters. The summed E-state index contributed by atoms with van der Waals surface area (Å²) in [6.45, 7) is 9.91. The number of nitrogens with two attached hydrogens (primary N) is 1. The van der Waals surface area contributed by atoms with Gasteiger partial charge in [0.25, 0.3) is 0 Å². The highest BCUT2D eigenvalue weighted by Crippen LogP contribution is 2.19. The number of hydrogen-bond acceptors (Lipinski definition) is 2. The zero-order valence-electron chi connectivity index (χ0n) is 11.9. The van der Waals surface area contributed by atoms with E-state index in [0.29, 0.717) is 0 Å². The minimum Gasteiger partial charge on any atom is -0.348 e. The average molecular weight is 248 g/mol. The second-order valence-corrected chi connectivity index (χ2v) is 5.98. The van der Waals surface area contributed by atoms with Crippen molar-refractivity contribution in [3.05, 3.63) is 35.4 Å². The molecule has 0 fully saturated rings. The molecule has 100 valence electrons. The van der Waals surface area contributed by atoms with E-state index in [9.17, 15) is 4.79 Å². The zero-order valence-corrected chi connectivity index (χ0v) is 11.9. The summed E-state index contributed by atoms with van der Waals surface area (Å²) in [5, 5.41) is 2.96. The Kier molecular flexibility index (Phi) is 4.52. The van der Waals surface area contributed by atoms with Gasteiger partial charge in [0.15, 0.2) is 0 Å². The summed E-state index contributed by atoms with van der Waals surface area (Å²) >= 11 is 0. The van der Waals surface area contributed by atoms with Crippen LogP contribution < -0.4 is 11.1 Å². The van der Waals surface area contributed by atoms with Gasteiger partial charge in [0.1, 0.15) is 0 Å². The highest BCUT2D eigenvalue weighted by atomic mass is 16.2. The Morgan fingerprint density at radius 1 is 1.22 bits per heavy atom. The number of hydrogen-bond donors (Lipinski definition) is 2. The van der Waals surface area contributed by atoms with Crippen molar-refractivity contribution in [2.45, 2.75) is 46.7 Å². The zero-order chi connectivity index (χ0) is 13.9. The average Bonchev–Trinajstić information content (AvgIpc) is 2.27. The Morgan fingerprint density at radius 2 is 1.72 bits per heavy atom. The lowest BCUT2D eigenvalue weighted by molar-refractivity contribution is -0.125. The Morgan fingerprint density at radius 3 is 2.17 bits per heavy atom. The number of benzene rings is 1. The van der Waals surface area contributed by atoms with E-state index in [1.807, 2.05) is 58.9 Å². The Bertz CT molecular complexity index is 403. The maximum absolute atomic E-state index is 12.0. The van der Waals surface area contributed by atoms with Gasteiger partial charge < -0.3 is 11.1 Å². The molecule has 0 aliphatic rings. The SMILES string of the molecule is Cc1ccc([C@H](C)NC(=O)[C@@H](N)C(C)(C)C)cc1. The predicted molar refractivity (Wildman–Crippen MR) is 75.2 cm³/mol. The van der Waals surface area contributed by atoms with Gasteiger partial charge in [0.2, 0.25) is 5.91 Å². The van der Waals surface area contributed by atoms with Crippen molar-refractivity contribution in [1.82, 2.24) is 5.32 Å². The Hall–Kier alpha value is -1.35. The summed E-state index contributed by atoms with van der Waals surface area (Å²) < 4.78 is 0. The quantitative estimate of drug-likeness (QED) is 0.863. The van der Waals surface area contributed by atoms with Gasteiger partial charge >= 0.3 is 0 Å². The molecule has 1 aromatic carbocycles. The van der Waals surface area contributed by atoms with Crippen molar-refractivity contribution < 1.29 is 4.79 Å². The van der Waals surface area contributed by atoms with Crippen LogP contribution in [0, 0.1) is 12.3 Å². The van der Waals surface area contributed by atoms with E-state index in [1.54, 1.807) is 0 Å². The van der Waals surface area contributed by atoms with Crippen LogP contribution in [0.5, 0.6) is 0 Å². The summed E-state index contributed by atoms with van der Waals surface area (Å²) in [7, 11) is 0. The highest BCUT2D eigenvalue weighted by molar-refractivity contribution is 5.82. The molecule has 0 spiro atoms. The molecule has 0 unspecified atom stereocenters. The standard InChI is InChI=1S/C15H24N2O/c1-10-6-8-12(9-7-10)11(2)17-14(18)13(16)15(3,4)5/h6-9,11,13H,16H2,1-5H3,(H,17,18)/t11-,13+/m0/s1. The van der Waals surface area contributed by atoms with E-state index in [4.69, 9.17) is 5.73 Å². The summed E-state index contributed by atoms with van der Waals surface area (Å²) in [4.78, 5) is 12.0. The van der Waals surface area contributed by atoms with Crippen molar-refractivity contribution in [3.63, 3.8) is 0 Å². The molecule has 0 saturated heterocycles. The van der Waals surface area contributed by atoms with Crippen LogP contribution >= 0.6 is 0 Å². The van der Waals surface area contributed by atoms with Crippen LogP contribution in [0.3, 0.4) is 0 Å². The maximum Gasteiger partial charge on any atom is 0.237 e. The fourth-order valence-corrected chi connectivity index (χ4v) is 1.63. The molecule has 0 bridgehead atoms. The van der Waals surface area contributed by atoms with Crippen LogP contribution in [0.15, 0.2) is 24.3 Å². The van der Waals surface area contributed by atoms with Crippen molar-refractivity contribution in [3.8, 4) is 0 Å². The van der Waals surface area contributed by atoms with Gasteiger partial charge in [-0.1, -0.05) is 50.6 Å². The third-order valence-electron chi connectivity index (χ3n) is 3.15. The van der Waals surface area contributed by atoms with Crippen LogP contribution in [0.2, 0.25) is 0 Å². The summed E-state index contributed by atoms with van der Waals surface area (Å²) in [5.41, 5.74) is 8.01. The van der Waals surface area contributed by atoms with Crippen LogP contribution in [-0.2, 0) is 4.79 Å². The molecule has 0 aliphatic heterocycles. The first kappa shape index (κ1) is 14.7. The van der Waals surface area contributed by atoms with Crippen molar-refractivity contribution >= 4 is 5.91 Å². The van der Waals surface area contributed by atoms with E-state index in [2.05, 4.69) is 5.32 Å². The van der Waals surface area contributed by atoms with Crippen molar-refractivity contribution in [2.24, 2.45) is 11.1 Å². The fraction of sp³-hybridized carbons (Fsp3) is 0.533. The molecule has 3 N–H and O–H groups in total. The van der Waals surface area contributed by atoms with Gasteiger partial charge in [0, 0.05) is 0 Å². The predicted octanol–water partition coefficient (Wildman–Crippen LogP) is 2.55. The lowest BCUT2D eigenvalue weighted by Gasteiger charge is -2.27. The second-order valence-electron chi connectivity index (χ2n) is 5.98. The van der Waals surface area contributed by atoms with E-state index < -0.39 is 6.04 Å². The van der Waals surface area contributed by atoms with Gasteiger partial charge in [-0.2, -0.15) is 0 Å². The molecular weight excluding hydrogens is 224 g/mol. The molecule has 3 nitrogen and oxygen atoms in total. The molecular formula is C15H24N2O. The Balaban J connectivity index is 2.68. The number of carbonyl (C=O) groups excluding carboxylic acids is 1. The highest BCUT2D eigenvalue weighted by Gasteiger charge is 2.28. The number of carbonyl (C=O) groups is 1. The van der Waals surface area contributed by atoms with E-state index in [-0.39, 0.29) is 17.4 Å². The molecule has 0 aliphatic carbocycles. The van der Waals surface area contributed by atoms with E-state index in [1.165, 1.54) is 5.56 Å². The number of nitrogens with one attached hydrogen (secondary N) is 1. The topological polar surface area (TPSA) is 55.1 Å². The summed E-state index contributed by atoms with van der Waals surface area (Å²) in [6.07, 6.45) is 0. The smallest absolute Gasteiger partial charge is 0.237 e. The van der Waals surface area contributed by atoms with Gasteiger partial charge in [-0.3, -0.25) is 4.79 Å². The Labute approximate surface area is 110 Å². The van der Waals surface area contributed by atoms with Crippen LogP contribution in [-0.4, -0.2) is 11.9 Å². The molecule has 0 radical (unpaired) electrons. The third-order valence-corrected chi connectivity index (χ3v) is 3.15. The summed E-state index contributed by atoms with van der Waals surface area (Å²) in [5.74, 6) is -0.101. The van der Waals surface area contributed by atoms with E-state index in [0.717, 1.165) is 5.56 Å². The molecule has 1 amide bonds.